The Morgan fingerprint density at radius 1 is 1.67 bits per heavy atom. The van der Waals surface area contributed by atoms with Crippen LogP contribution in [0.4, 0.5) is 5.69 Å². The van der Waals surface area contributed by atoms with Crippen LogP contribution in [0.5, 0.6) is 0 Å². The van der Waals surface area contributed by atoms with Gasteiger partial charge in [-0.05, 0) is 18.6 Å². The molecular weight excluding hydrogens is 170 g/mol. The van der Waals surface area contributed by atoms with Crippen molar-refractivity contribution in [1.29, 1.82) is 0 Å². The van der Waals surface area contributed by atoms with Gasteiger partial charge in [0.05, 0.1) is 11.9 Å². The van der Waals surface area contributed by atoms with Crippen LogP contribution in [0, 0.1) is 4.77 Å². The van der Waals surface area contributed by atoms with E-state index in [0.29, 0.717) is 4.77 Å². The van der Waals surface area contributed by atoms with Crippen molar-refractivity contribution in [3.05, 3.63) is 17.2 Å². The van der Waals surface area contributed by atoms with Crippen LogP contribution in [-0.2, 0) is 0 Å². The van der Waals surface area contributed by atoms with Crippen molar-refractivity contribution in [3.8, 4) is 0 Å². The number of anilines is 1. The third-order valence-electron chi connectivity index (χ3n) is 1.53. The zero-order valence-corrected chi connectivity index (χ0v) is 7.95. The first kappa shape index (κ1) is 9.19. The molecule has 1 aromatic rings. The minimum Gasteiger partial charge on any atom is -0.383 e. The summed E-state index contributed by atoms with van der Waals surface area (Å²) < 4.78 is 0.524. The number of nitrogens with one attached hydrogen (secondary N) is 2. The van der Waals surface area contributed by atoms with Crippen molar-refractivity contribution in [2.45, 2.75) is 19.8 Å². The maximum atomic E-state index is 4.81. The summed E-state index contributed by atoms with van der Waals surface area (Å²) in [6.07, 6.45) is 5.96. The summed E-state index contributed by atoms with van der Waals surface area (Å²) in [7, 11) is 0. The number of nitrogens with zero attached hydrogens (tertiary/aromatic N) is 1. The largest absolute Gasteiger partial charge is 0.383 e. The third kappa shape index (κ3) is 3.00. The SMILES string of the molecule is CCCCNc1cnc(=S)[nH]c1. The fourth-order valence-corrected chi connectivity index (χ4v) is 0.960. The van der Waals surface area contributed by atoms with Gasteiger partial charge in [-0.1, -0.05) is 13.3 Å². The van der Waals surface area contributed by atoms with E-state index in [2.05, 4.69) is 22.2 Å². The van der Waals surface area contributed by atoms with Gasteiger partial charge in [0.15, 0.2) is 4.77 Å². The molecule has 66 valence electrons. The molecule has 0 aliphatic rings. The standard InChI is InChI=1S/C8H13N3S/c1-2-3-4-9-7-5-10-8(12)11-6-7/h5-6,9H,2-4H2,1H3,(H,10,11,12). The molecule has 1 rings (SSSR count). The summed E-state index contributed by atoms with van der Waals surface area (Å²) >= 11 is 4.81. The molecule has 0 aromatic carbocycles. The highest BCUT2D eigenvalue weighted by Gasteiger charge is 1.88. The summed E-state index contributed by atoms with van der Waals surface area (Å²) in [4.78, 5) is 6.82. The number of hydrogen-bond acceptors (Lipinski definition) is 3. The quantitative estimate of drug-likeness (QED) is 0.556. The predicted molar refractivity (Wildman–Crippen MR) is 52.8 cm³/mol. The second-order valence-electron chi connectivity index (χ2n) is 2.59. The fraction of sp³-hybridized carbons (Fsp3) is 0.500. The van der Waals surface area contributed by atoms with E-state index < -0.39 is 0 Å². The zero-order valence-electron chi connectivity index (χ0n) is 7.13. The molecule has 1 heterocycles. The van der Waals surface area contributed by atoms with E-state index in [4.69, 9.17) is 12.2 Å². The molecular formula is C8H13N3S. The summed E-state index contributed by atoms with van der Waals surface area (Å²) in [5.74, 6) is 0. The molecule has 0 fully saturated rings. The highest BCUT2D eigenvalue weighted by atomic mass is 32.1. The van der Waals surface area contributed by atoms with E-state index in [9.17, 15) is 0 Å². The number of aromatic amines is 1. The molecule has 3 nitrogen and oxygen atoms in total. The number of hydrogen-bond donors (Lipinski definition) is 2. The second-order valence-corrected chi connectivity index (χ2v) is 2.97. The van der Waals surface area contributed by atoms with Crippen molar-refractivity contribution in [2.75, 3.05) is 11.9 Å². The average molecular weight is 183 g/mol. The lowest BCUT2D eigenvalue weighted by atomic mass is 10.3. The predicted octanol–water partition coefficient (Wildman–Crippen LogP) is 2.35. The molecule has 4 heteroatoms. The zero-order chi connectivity index (χ0) is 8.81. The normalized spacial score (nSPS) is 9.75. The summed E-state index contributed by atoms with van der Waals surface area (Å²) in [5.41, 5.74) is 0.997. The first-order chi connectivity index (χ1) is 5.83. The van der Waals surface area contributed by atoms with Crippen LogP contribution in [0.1, 0.15) is 19.8 Å². The van der Waals surface area contributed by atoms with Crippen LogP contribution < -0.4 is 5.32 Å². The van der Waals surface area contributed by atoms with E-state index in [0.717, 1.165) is 12.2 Å². The Kier molecular flexibility index (Phi) is 3.73. The van der Waals surface area contributed by atoms with Crippen LogP contribution in [0.15, 0.2) is 12.4 Å². The maximum Gasteiger partial charge on any atom is 0.196 e. The van der Waals surface area contributed by atoms with Gasteiger partial charge >= 0.3 is 0 Å². The van der Waals surface area contributed by atoms with Crippen LogP contribution >= 0.6 is 12.2 Å². The Balaban J connectivity index is 2.42. The van der Waals surface area contributed by atoms with Gasteiger partial charge < -0.3 is 10.3 Å². The molecule has 0 saturated carbocycles. The summed E-state index contributed by atoms with van der Waals surface area (Å²) in [5, 5.41) is 3.23. The van der Waals surface area contributed by atoms with E-state index in [1.54, 1.807) is 6.20 Å². The molecule has 0 amide bonds. The first-order valence-electron chi connectivity index (χ1n) is 4.11. The Morgan fingerprint density at radius 3 is 3.08 bits per heavy atom. The number of unbranched alkanes of at least 4 members (excludes halogenated alkanes) is 1. The first-order valence-corrected chi connectivity index (χ1v) is 4.52. The molecule has 0 aliphatic heterocycles. The Bertz CT molecular complexity index is 261. The highest BCUT2D eigenvalue weighted by molar-refractivity contribution is 7.71. The number of H-pyrrole nitrogens is 1. The molecule has 0 bridgehead atoms. The molecule has 0 atom stereocenters. The molecule has 1 aromatic heterocycles. The molecule has 0 aliphatic carbocycles. The van der Waals surface area contributed by atoms with Gasteiger partial charge in [-0.15, -0.1) is 0 Å². The van der Waals surface area contributed by atoms with E-state index >= 15 is 0 Å². The minimum atomic E-state index is 0.524. The van der Waals surface area contributed by atoms with E-state index in [-0.39, 0.29) is 0 Å². The lowest BCUT2D eigenvalue weighted by Crippen LogP contribution is -2.01. The van der Waals surface area contributed by atoms with E-state index in [1.807, 2.05) is 6.20 Å². The number of rotatable bonds is 4. The van der Waals surface area contributed by atoms with Crippen molar-refractivity contribution in [3.63, 3.8) is 0 Å². The minimum absolute atomic E-state index is 0.524. The third-order valence-corrected chi connectivity index (χ3v) is 1.75. The van der Waals surface area contributed by atoms with E-state index in [1.165, 1.54) is 12.8 Å². The molecule has 0 unspecified atom stereocenters. The average Bonchev–Trinajstić information content (AvgIpc) is 2.09. The number of aromatic nitrogens is 2. The van der Waals surface area contributed by atoms with Crippen LogP contribution in [0.25, 0.3) is 0 Å². The van der Waals surface area contributed by atoms with Gasteiger partial charge in [0.2, 0.25) is 0 Å². The second kappa shape index (κ2) is 4.87. The lowest BCUT2D eigenvalue weighted by molar-refractivity contribution is 0.833. The van der Waals surface area contributed by atoms with Crippen molar-refractivity contribution in [2.24, 2.45) is 0 Å². The lowest BCUT2D eigenvalue weighted by Gasteiger charge is -2.02. The molecule has 2 N–H and O–H groups in total. The van der Waals surface area contributed by atoms with Gasteiger partial charge in [0.25, 0.3) is 0 Å². The highest BCUT2D eigenvalue weighted by Crippen LogP contribution is 2.01. The van der Waals surface area contributed by atoms with Crippen LogP contribution in [0.3, 0.4) is 0 Å². The molecule has 0 spiro atoms. The maximum absolute atomic E-state index is 4.81. The fourth-order valence-electron chi connectivity index (χ4n) is 0.848. The van der Waals surface area contributed by atoms with Gasteiger partial charge in [0, 0.05) is 12.7 Å². The van der Waals surface area contributed by atoms with Crippen molar-refractivity contribution in [1.82, 2.24) is 9.97 Å². The molecule has 0 radical (unpaired) electrons. The summed E-state index contributed by atoms with van der Waals surface area (Å²) in [6, 6.07) is 0. The smallest absolute Gasteiger partial charge is 0.196 e. The molecule has 0 saturated heterocycles. The molecule has 12 heavy (non-hydrogen) atoms. The van der Waals surface area contributed by atoms with Gasteiger partial charge in [-0.2, -0.15) is 0 Å². The van der Waals surface area contributed by atoms with Gasteiger partial charge in [-0.25, -0.2) is 4.98 Å². The van der Waals surface area contributed by atoms with Crippen LogP contribution in [0.2, 0.25) is 0 Å². The topological polar surface area (TPSA) is 40.7 Å². The Morgan fingerprint density at radius 2 is 2.50 bits per heavy atom. The monoisotopic (exact) mass is 183 g/mol. The Labute approximate surface area is 77.2 Å². The van der Waals surface area contributed by atoms with Crippen molar-refractivity contribution >= 4 is 17.9 Å². The Hall–Kier alpha value is -0.900. The summed E-state index contributed by atoms with van der Waals surface area (Å²) in [6.45, 7) is 3.15. The van der Waals surface area contributed by atoms with Crippen molar-refractivity contribution < 1.29 is 0 Å². The van der Waals surface area contributed by atoms with Gasteiger partial charge in [-0.3, -0.25) is 0 Å². The van der Waals surface area contributed by atoms with Crippen LogP contribution in [-0.4, -0.2) is 16.5 Å². The van der Waals surface area contributed by atoms with Gasteiger partial charge in [0.1, 0.15) is 0 Å².